The fourth-order valence-corrected chi connectivity index (χ4v) is 1.51. The Morgan fingerprint density at radius 3 is 2.30 bits per heavy atom. The summed E-state index contributed by atoms with van der Waals surface area (Å²) in [4.78, 5) is 0. The second-order valence-electron chi connectivity index (χ2n) is 5.93. The van der Waals surface area contributed by atoms with Gasteiger partial charge in [0.05, 0.1) is 17.8 Å². The number of ether oxygens (including phenoxy) is 1. The lowest BCUT2D eigenvalue weighted by Gasteiger charge is -2.38. The van der Waals surface area contributed by atoms with Gasteiger partial charge < -0.3 is 19.5 Å². The van der Waals surface area contributed by atoms with E-state index in [4.69, 9.17) is 9.39 Å². The van der Waals surface area contributed by atoms with Gasteiger partial charge in [0.25, 0.3) is 0 Å². The van der Waals surface area contributed by atoms with Crippen molar-refractivity contribution in [2.75, 3.05) is 6.61 Å². The first-order chi connectivity index (χ1) is 9.19. The number of hydrogen-bond acceptors (Lipinski definition) is 4. The number of rotatable bonds is 7. The van der Waals surface area contributed by atoms with E-state index in [9.17, 15) is 10.1 Å². The van der Waals surface area contributed by atoms with E-state index in [0.717, 1.165) is 6.42 Å². The minimum Gasteiger partial charge on any atom is -0.494 e. The summed E-state index contributed by atoms with van der Waals surface area (Å²) in [5.41, 5.74) is -1.41. The zero-order chi connectivity index (χ0) is 15.4. The highest BCUT2D eigenvalue weighted by Gasteiger charge is 2.40. The van der Waals surface area contributed by atoms with Crippen LogP contribution in [0.1, 0.15) is 41.0 Å². The summed E-state index contributed by atoms with van der Waals surface area (Å²) in [6.07, 6.45) is 0.889. The molecule has 1 aromatic carbocycles. The van der Waals surface area contributed by atoms with Gasteiger partial charge in [-0.15, -0.1) is 0 Å². The van der Waals surface area contributed by atoms with Crippen LogP contribution in [-0.2, 0) is 4.65 Å². The molecule has 0 fully saturated rings. The van der Waals surface area contributed by atoms with Gasteiger partial charge in [-0.05, 0) is 40.2 Å². The van der Waals surface area contributed by atoms with Crippen molar-refractivity contribution >= 4 is 12.6 Å². The molecule has 2 N–H and O–H groups in total. The van der Waals surface area contributed by atoms with Gasteiger partial charge in [0.15, 0.2) is 0 Å². The van der Waals surface area contributed by atoms with Crippen molar-refractivity contribution in [3.05, 3.63) is 24.3 Å². The maximum Gasteiger partial charge on any atom is 0.495 e. The summed E-state index contributed by atoms with van der Waals surface area (Å²) >= 11 is 0. The fourth-order valence-electron chi connectivity index (χ4n) is 1.51. The first-order valence-corrected chi connectivity index (χ1v) is 6.99. The number of hydrogen-bond donors (Lipinski definition) is 2. The highest BCUT2D eigenvalue weighted by Crippen LogP contribution is 2.25. The van der Waals surface area contributed by atoms with Gasteiger partial charge >= 0.3 is 7.12 Å². The molecule has 112 valence electrons. The van der Waals surface area contributed by atoms with E-state index < -0.39 is 18.3 Å². The molecule has 20 heavy (non-hydrogen) atoms. The second-order valence-corrected chi connectivity index (χ2v) is 5.93. The molecular weight excluding hydrogens is 255 g/mol. The van der Waals surface area contributed by atoms with Crippen molar-refractivity contribution in [2.24, 2.45) is 0 Å². The summed E-state index contributed by atoms with van der Waals surface area (Å²) in [7, 11) is -1.15. The average molecular weight is 280 g/mol. The molecule has 0 atom stereocenters. The van der Waals surface area contributed by atoms with Crippen molar-refractivity contribution in [1.82, 2.24) is 0 Å². The summed E-state index contributed by atoms with van der Waals surface area (Å²) in [6, 6.07) is 7.23. The minimum atomic E-state index is -1.15. The third kappa shape index (κ3) is 4.23. The first-order valence-electron chi connectivity index (χ1n) is 6.99. The Balaban J connectivity index is 2.90. The zero-order valence-electron chi connectivity index (χ0n) is 13.0. The van der Waals surface area contributed by atoms with Gasteiger partial charge in [0.1, 0.15) is 5.75 Å². The van der Waals surface area contributed by atoms with Crippen LogP contribution in [-0.4, -0.2) is 35.1 Å². The van der Waals surface area contributed by atoms with Gasteiger partial charge in [-0.2, -0.15) is 0 Å². The molecule has 0 unspecified atom stereocenters. The highest BCUT2D eigenvalue weighted by molar-refractivity contribution is 6.61. The van der Waals surface area contributed by atoms with Crippen LogP contribution in [0.25, 0.3) is 0 Å². The van der Waals surface area contributed by atoms with E-state index in [1.165, 1.54) is 0 Å². The summed E-state index contributed by atoms with van der Waals surface area (Å²) in [5.74, 6) is 0.605. The van der Waals surface area contributed by atoms with Crippen LogP contribution in [0.15, 0.2) is 24.3 Å². The van der Waals surface area contributed by atoms with Crippen LogP contribution < -0.4 is 10.2 Å². The summed E-state index contributed by atoms with van der Waals surface area (Å²) < 4.78 is 11.2. The van der Waals surface area contributed by atoms with E-state index in [1.54, 1.807) is 39.8 Å². The van der Waals surface area contributed by atoms with Crippen LogP contribution in [0.3, 0.4) is 0 Å². The number of benzene rings is 1. The maximum atomic E-state index is 10.3. The summed E-state index contributed by atoms with van der Waals surface area (Å²) in [5, 5.41) is 20.4. The lowest BCUT2D eigenvalue weighted by molar-refractivity contribution is -0.0983. The van der Waals surface area contributed by atoms with Crippen molar-refractivity contribution < 1.29 is 19.5 Å². The van der Waals surface area contributed by atoms with E-state index in [0.29, 0.717) is 17.8 Å². The molecule has 0 radical (unpaired) electrons. The number of aliphatic hydroxyl groups is 1. The van der Waals surface area contributed by atoms with Crippen molar-refractivity contribution in [1.29, 1.82) is 0 Å². The molecule has 0 saturated heterocycles. The van der Waals surface area contributed by atoms with Crippen LogP contribution in [0, 0.1) is 0 Å². The first kappa shape index (κ1) is 17.0. The largest absolute Gasteiger partial charge is 0.495 e. The van der Waals surface area contributed by atoms with Crippen LogP contribution >= 0.6 is 0 Å². The molecule has 0 aromatic heterocycles. The van der Waals surface area contributed by atoms with Crippen molar-refractivity contribution in [3.63, 3.8) is 0 Å². The maximum absolute atomic E-state index is 10.3. The van der Waals surface area contributed by atoms with Gasteiger partial charge in [-0.3, -0.25) is 0 Å². The lowest BCUT2D eigenvalue weighted by atomic mass is 9.76. The van der Waals surface area contributed by atoms with E-state index in [2.05, 4.69) is 0 Å². The Kier molecular flexibility index (Phi) is 5.63. The van der Waals surface area contributed by atoms with Gasteiger partial charge in [0.2, 0.25) is 0 Å². The Labute approximate surface area is 121 Å². The molecule has 0 aliphatic heterocycles. The van der Waals surface area contributed by atoms with Gasteiger partial charge in [-0.25, -0.2) is 0 Å². The molecule has 1 aromatic rings. The normalized spacial score (nSPS) is 12.3. The average Bonchev–Trinajstić information content (AvgIpc) is 2.34. The molecule has 0 aliphatic carbocycles. The molecule has 0 heterocycles. The van der Waals surface area contributed by atoms with Gasteiger partial charge in [-0.1, -0.05) is 25.1 Å². The van der Waals surface area contributed by atoms with Crippen molar-refractivity contribution in [2.45, 2.75) is 52.2 Å². The fraction of sp³-hybridized carbons (Fsp3) is 0.600. The molecule has 0 aliphatic rings. The third-order valence-corrected chi connectivity index (χ3v) is 3.53. The predicted octanol–water partition coefficient (Wildman–Crippen LogP) is 1.73. The molecule has 0 bridgehead atoms. The van der Waals surface area contributed by atoms with Crippen LogP contribution in [0.2, 0.25) is 0 Å². The molecule has 0 spiro atoms. The molecule has 0 amide bonds. The lowest BCUT2D eigenvalue weighted by Crippen LogP contribution is -2.53. The predicted molar refractivity (Wildman–Crippen MR) is 81.3 cm³/mol. The van der Waals surface area contributed by atoms with E-state index in [-0.39, 0.29) is 0 Å². The SMILES string of the molecule is CCCOc1ccccc1B(O)OC(C)(C)C(C)(C)O. The third-order valence-electron chi connectivity index (χ3n) is 3.53. The standard InChI is InChI=1S/C15H25BO4/c1-6-11-19-13-10-8-7-9-12(13)16(18)20-15(4,5)14(2,3)17/h7-10,17-18H,6,11H2,1-5H3. The van der Waals surface area contributed by atoms with Crippen molar-refractivity contribution in [3.8, 4) is 5.75 Å². The summed E-state index contributed by atoms with van der Waals surface area (Å²) in [6.45, 7) is 9.39. The monoisotopic (exact) mass is 280 g/mol. The minimum absolute atomic E-state index is 0.568. The smallest absolute Gasteiger partial charge is 0.494 e. The molecule has 5 heteroatoms. The van der Waals surface area contributed by atoms with Crippen LogP contribution in [0.4, 0.5) is 0 Å². The Bertz CT molecular complexity index is 426. The van der Waals surface area contributed by atoms with E-state index >= 15 is 0 Å². The van der Waals surface area contributed by atoms with Crippen LogP contribution in [0.5, 0.6) is 5.75 Å². The second kappa shape index (κ2) is 6.61. The Morgan fingerprint density at radius 2 is 1.75 bits per heavy atom. The topological polar surface area (TPSA) is 58.9 Å². The Hall–Kier alpha value is -1.04. The number of para-hydroxylation sites is 1. The molecule has 4 nitrogen and oxygen atoms in total. The van der Waals surface area contributed by atoms with Gasteiger partial charge in [0, 0.05) is 5.46 Å². The van der Waals surface area contributed by atoms with E-state index in [1.807, 2.05) is 19.1 Å². The highest BCUT2D eigenvalue weighted by atomic mass is 16.6. The quantitative estimate of drug-likeness (QED) is 0.747. The Morgan fingerprint density at radius 1 is 1.15 bits per heavy atom. The molecule has 1 rings (SSSR count). The molecular formula is C15H25BO4. The molecule has 0 saturated carbocycles. The zero-order valence-corrected chi connectivity index (χ0v) is 13.0.